The van der Waals surface area contributed by atoms with Crippen LogP contribution in [0.3, 0.4) is 0 Å². The second kappa shape index (κ2) is 9.34. The molecule has 0 spiro atoms. The Morgan fingerprint density at radius 1 is 1.21 bits per heavy atom. The van der Waals surface area contributed by atoms with E-state index in [4.69, 9.17) is 14.2 Å². The van der Waals surface area contributed by atoms with Crippen LogP contribution >= 0.6 is 0 Å². The van der Waals surface area contributed by atoms with E-state index in [0.717, 1.165) is 15.9 Å². The van der Waals surface area contributed by atoms with E-state index in [0.29, 0.717) is 30.9 Å². The Kier molecular flexibility index (Phi) is 6.92. The molecule has 0 fully saturated rings. The summed E-state index contributed by atoms with van der Waals surface area (Å²) < 4.78 is 60.3. The van der Waals surface area contributed by atoms with Crippen molar-refractivity contribution >= 4 is 5.97 Å². The van der Waals surface area contributed by atoms with Gasteiger partial charge >= 0.3 is 5.97 Å². The van der Waals surface area contributed by atoms with Crippen LogP contribution in [-0.2, 0) is 11.3 Å². The minimum atomic E-state index is -2.87. The summed E-state index contributed by atoms with van der Waals surface area (Å²) in [6, 6.07) is 3.00. The maximum absolute atomic E-state index is 15.3. The van der Waals surface area contributed by atoms with Crippen molar-refractivity contribution < 1.29 is 37.3 Å². The average Bonchev–Trinajstić information content (AvgIpc) is 2.77. The van der Waals surface area contributed by atoms with Gasteiger partial charge in [-0.3, -0.25) is 14.5 Å². The van der Waals surface area contributed by atoms with Crippen LogP contribution in [0.4, 0.5) is 13.2 Å². The van der Waals surface area contributed by atoms with Crippen LogP contribution in [0.1, 0.15) is 36.2 Å². The predicted molar refractivity (Wildman–Crippen MR) is 114 cm³/mol. The molecule has 0 saturated heterocycles. The zero-order valence-electron chi connectivity index (χ0n) is 18.7. The predicted octanol–water partition coefficient (Wildman–Crippen LogP) is 3.27. The maximum Gasteiger partial charge on any atom is 0.341 e. The monoisotopic (exact) mass is 470 g/mol. The number of benzene rings is 1. The van der Waals surface area contributed by atoms with Gasteiger partial charge in [-0.2, -0.15) is 0 Å². The van der Waals surface area contributed by atoms with E-state index < -0.39 is 34.7 Å². The third kappa shape index (κ3) is 4.37. The van der Waals surface area contributed by atoms with Crippen LogP contribution < -0.4 is 19.9 Å². The second-order valence-electron chi connectivity index (χ2n) is 8.05. The van der Waals surface area contributed by atoms with Crippen molar-refractivity contribution in [2.45, 2.75) is 38.8 Å². The largest absolute Gasteiger partial charge is 0.493 e. The number of nitrogens with zero attached hydrogens (tertiary/aromatic N) is 2. The van der Waals surface area contributed by atoms with Crippen molar-refractivity contribution in [2.75, 3.05) is 32.4 Å². The van der Waals surface area contributed by atoms with Crippen molar-refractivity contribution in [3.8, 4) is 22.8 Å². The molecular weight excluding hydrogens is 445 g/mol. The SMILES string of the molecule is COCCCOc1cc2c(cc1OC)-c1c(F)c(=O)c(C(=O)O)cn1N(C(C)(C)C(F)F)C2. The summed E-state index contributed by atoms with van der Waals surface area (Å²) in [6.07, 6.45) is -1.41. The van der Waals surface area contributed by atoms with Crippen LogP contribution in [0.2, 0.25) is 0 Å². The van der Waals surface area contributed by atoms with Gasteiger partial charge in [-0.15, -0.1) is 0 Å². The summed E-state index contributed by atoms with van der Waals surface area (Å²) in [4.78, 5) is 23.9. The lowest BCUT2D eigenvalue weighted by molar-refractivity contribution is 0.0532. The van der Waals surface area contributed by atoms with Crippen molar-refractivity contribution in [3.63, 3.8) is 0 Å². The summed E-state index contributed by atoms with van der Waals surface area (Å²) >= 11 is 0. The van der Waals surface area contributed by atoms with Crippen LogP contribution in [-0.4, -0.2) is 55.1 Å². The first-order valence-electron chi connectivity index (χ1n) is 10.1. The molecule has 0 aliphatic carbocycles. The van der Waals surface area contributed by atoms with Gasteiger partial charge in [-0.1, -0.05) is 0 Å². The third-order valence-corrected chi connectivity index (χ3v) is 5.54. The number of fused-ring (bicyclic) bond motifs is 3. The van der Waals surface area contributed by atoms with Crippen molar-refractivity contribution in [1.29, 1.82) is 0 Å². The topological polar surface area (TPSA) is 90.2 Å². The van der Waals surface area contributed by atoms with Crippen LogP contribution in [0.5, 0.6) is 11.5 Å². The molecule has 3 rings (SSSR count). The van der Waals surface area contributed by atoms with E-state index in [-0.39, 0.29) is 23.6 Å². The lowest BCUT2D eigenvalue weighted by Gasteiger charge is -2.45. The zero-order valence-corrected chi connectivity index (χ0v) is 18.7. The molecule has 0 bridgehead atoms. The Bertz CT molecular complexity index is 1120. The van der Waals surface area contributed by atoms with Crippen molar-refractivity contribution in [2.24, 2.45) is 0 Å². The van der Waals surface area contributed by atoms with E-state index in [1.54, 1.807) is 13.2 Å². The number of methoxy groups -OCH3 is 2. The summed E-state index contributed by atoms with van der Waals surface area (Å²) in [6.45, 7) is 3.13. The quantitative estimate of drug-likeness (QED) is 0.563. The molecule has 1 aromatic carbocycles. The summed E-state index contributed by atoms with van der Waals surface area (Å²) in [5.74, 6) is -2.46. The summed E-state index contributed by atoms with van der Waals surface area (Å²) in [5.41, 5.74) is -3.74. The Hall–Kier alpha value is -3.21. The van der Waals surface area contributed by atoms with Gasteiger partial charge in [0.15, 0.2) is 17.3 Å². The maximum atomic E-state index is 15.3. The van der Waals surface area contributed by atoms with Gasteiger partial charge in [-0.25, -0.2) is 18.0 Å². The van der Waals surface area contributed by atoms with Gasteiger partial charge < -0.3 is 19.3 Å². The highest BCUT2D eigenvalue weighted by Crippen LogP contribution is 2.41. The molecule has 2 heterocycles. The van der Waals surface area contributed by atoms with E-state index in [1.165, 1.54) is 27.0 Å². The fraction of sp³-hybridized carbons (Fsp3) is 0.455. The standard InChI is InChI=1S/C22H25F3N2O6/c1-22(2,21(24)25)27-10-12-8-16(33-7-5-6-31-3)15(32-4)9-13(12)18-17(23)19(28)14(20(29)30)11-26(18)27/h8-9,11,21H,5-7,10H2,1-4H3,(H,29,30). The molecule has 0 amide bonds. The Balaban J connectivity index is 2.24. The smallest absolute Gasteiger partial charge is 0.341 e. The number of aromatic carboxylic acids is 1. The highest BCUT2D eigenvalue weighted by Gasteiger charge is 2.41. The van der Waals surface area contributed by atoms with Gasteiger partial charge in [-0.05, 0) is 31.5 Å². The molecule has 0 saturated carbocycles. The van der Waals surface area contributed by atoms with E-state index in [2.05, 4.69) is 0 Å². The molecule has 1 aliphatic rings. The normalized spacial score (nSPS) is 13.0. The van der Waals surface area contributed by atoms with Crippen LogP contribution in [0.25, 0.3) is 11.3 Å². The number of aromatic nitrogens is 1. The first-order valence-corrected chi connectivity index (χ1v) is 10.1. The number of alkyl halides is 2. The van der Waals surface area contributed by atoms with E-state index in [9.17, 15) is 23.5 Å². The highest BCUT2D eigenvalue weighted by molar-refractivity contribution is 5.88. The molecular formula is C22H25F3N2O6. The van der Waals surface area contributed by atoms with Gasteiger partial charge in [0.2, 0.25) is 5.43 Å². The molecule has 0 unspecified atom stereocenters. The molecule has 1 N–H and O–H groups in total. The fourth-order valence-electron chi connectivity index (χ4n) is 3.60. The first kappa shape index (κ1) is 24.4. The molecule has 2 aromatic rings. The Labute approximate surface area is 188 Å². The number of carboxylic acids is 1. The number of rotatable bonds is 9. The number of ether oxygens (including phenoxy) is 3. The highest BCUT2D eigenvalue weighted by atomic mass is 19.3. The Morgan fingerprint density at radius 2 is 1.91 bits per heavy atom. The lowest BCUT2D eigenvalue weighted by Crippen LogP contribution is -2.57. The summed E-state index contributed by atoms with van der Waals surface area (Å²) in [5, 5.41) is 10.5. The average molecular weight is 470 g/mol. The number of hydrogen-bond acceptors (Lipinski definition) is 6. The van der Waals surface area contributed by atoms with Crippen LogP contribution in [0, 0.1) is 5.82 Å². The van der Waals surface area contributed by atoms with Gasteiger partial charge in [0.05, 0.1) is 20.3 Å². The number of hydrogen-bond donors (Lipinski definition) is 1. The van der Waals surface area contributed by atoms with Gasteiger partial charge in [0.25, 0.3) is 6.43 Å². The Morgan fingerprint density at radius 3 is 2.48 bits per heavy atom. The molecule has 1 aliphatic heterocycles. The minimum Gasteiger partial charge on any atom is -0.493 e. The summed E-state index contributed by atoms with van der Waals surface area (Å²) in [7, 11) is 2.94. The molecule has 11 heteroatoms. The molecule has 0 radical (unpaired) electrons. The number of halogens is 3. The van der Waals surface area contributed by atoms with Crippen LogP contribution in [0.15, 0.2) is 23.1 Å². The molecule has 1 aromatic heterocycles. The zero-order chi connectivity index (χ0) is 24.5. The van der Waals surface area contributed by atoms with Gasteiger partial charge in [0, 0.05) is 31.9 Å². The second-order valence-corrected chi connectivity index (χ2v) is 8.05. The van der Waals surface area contributed by atoms with Crippen molar-refractivity contribution in [1.82, 2.24) is 4.68 Å². The number of carbonyl (C=O) groups is 1. The van der Waals surface area contributed by atoms with E-state index in [1.807, 2.05) is 0 Å². The van der Waals surface area contributed by atoms with Crippen molar-refractivity contribution in [3.05, 3.63) is 45.5 Å². The molecule has 33 heavy (non-hydrogen) atoms. The third-order valence-electron chi connectivity index (χ3n) is 5.54. The molecule has 180 valence electrons. The molecule has 8 nitrogen and oxygen atoms in total. The minimum absolute atomic E-state index is 0.126. The van der Waals surface area contributed by atoms with Gasteiger partial charge in [0.1, 0.15) is 16.8 Å². The molecule has 0 atom stereocenters. The van der Waals surface area contributed by atoms with E-state index >= 15 is 4.39 Å². The number of carboxylic acid groups (broad SMARTS) is 1. The fourth-order valence-corrected chi connectivity index (χ4v) is 3.60. The number of pyridine rings is 1. The first-order chi connectivity index (χ1) is 15.5. The lowest BCUT2D eigenvalue weighted by atomic mass is 9.96.